The molecule has 2 heteroatoms. The number of hydrogen-bond acceptors (Lipinski definition) is 2. The van der Waals surface area contributed by atoms with Gasteiger partial charge in [0.05, 0.1) is 0 Å². The fourth-order valence-corrected chi connectivity index (χ4v) is 0.426. The van der Waals surface area contributed by atoms with Gasteiger partial charge in [0, 0.05) is 13.2 Å². The Morgan fingerprint density at radius 1 is 1.86 bits per heavy atom. The molecule has 1 atom stereocenters. The van der Waals surface area contributed by atoms with Crippen LogP contribution in [0.2, 0.25) is 0 Å². The Bertz CT molecular complexity index is 52.0. The fourth-order valence-electron chi connectivity index (χ4n) is 0.426. The first kappa shape index (κ1) is 5.06. The van der Waals surface area contributed by atoms with Crippen LogP contribution < -0.4 is 5.32 Å². The molecule has 0 aromatic rings. The molecular weight excluding hydrogens is 90.1 g/mol. The molecule has 0 bridgehead atoms. The molecule has 1 unspecified atom stereocenters. The second-order valence-electron chi connectivity index (χ2n) is 1.77. The highest BCUT2D eigenvalue weighted by Gasteiger charge is 2.18. The van der Waals surface area contributed by atoms with Crippen molar-refractivity contribution in [2.24, 2.45) is 0 Å². The van der Waals surface area contributed by atoms with Crippen molar-refractivity contribution < 1.29 is 4.74 Å². The molecule has 1 aliphatic heterocycles. The van der Waals surface area contributed by atoms with Gasteiger partial charge < -0.3 is 4.74 Å². The van der Waals surface area contributed by atoms with Crippen molar-refractivity contribution in [3.05, 3.63) is 0 Å². The summed E-state index contributed by atoms with van der Waals surface area (Å²) in [5.74, 6) is 0. The molecule has 1 fully saturated rings. The molecule has 1 saturated heterocycles. The van der Waals surface area contributed by atoms with Gasteiger partial charge in [-0.15, -0.1) is 0 Å². The maximum absolute atomic E-state index is 5.19. The Hall–Kier alpha value is -0.0800. The van der Waals surface area contributed by atoms with Crippen LogP contribution in [0.3, 0.4) is 0 Å². The molecule has 0 aromatic carbocycles. The van der Waals surface area contributed by atoms with Crippen molar-refractivity contribution in [3.8, 4) is 0 Å². The topological polar surface area (TPSA) is 31.2 Å². The van der Waals surface area contributed by atoms with E-state index < -0.39 is 0 Å². The molecule has 0 aromatic heterocycles. The Kier molecular flexibility index (Phi) is 1.65. The van der Waals surface area contributed by atoms with Crippen LogP contribution in [0.5, 0.6) is 0 Å². The lowest BCUT2D eigenvalue weighted by Gasteiger charge is -1.92. The summed E-state index contributed by atoms with van der Waals surface area (Å²) in [6.45, 7) is 4.07. The summed E-state index contributed by atoms with van der Waals surface area (Å²) in [7, 11) is 0. The van der Waals surface area contributed by atoms with Gasteiger partial charge in [0.15, 0.2) is 0 Å². The van der Waals surface area contributed by atoms with Crippen LogP contribution in [0, 0.1) is 0 Å². The number of hydrogen-bond donors (Lipinski definition) is 1. The molecule has 0 radical (unpaired) electrons. The van der Waals surface area contributed by atoms with Crippen LogP contribution in [0.25, 0.3) is 0 Å². The second kappa shape index (κ2) is 2.28. The molecule has 0 aliphatic carbocycles. The SMILES string of the molecule is CCCOC1CN1. The van der Waals surface area contributed by atoms with E-state index in [4.69, 9.17) is 4.74 Å². The molecule has 0 spiro atoms. The molecular formula is C5H11NO. The van der Waals surface area contributed by atoms with E-state index in [0.29, 0.717) is 6.23 Å². The highest BCUT2D eigenvalue weighted by Crippen LogP contribution is 1.97. The van der Waals surface area contributed by atoms with Crippen molar-refractivity contribution in [3.63, 3.8) is 0 Å². The molecule has 0 amide bonds. The highest BCUT2D eigenvalue weighted by molar-refractivity contribution is 4.71. The first-order valence-electron chi connectivity index (χ1n) is 2.78. The van der Waals surface area contributed by atoms with Gasteiger partial charge in [-0.1, -0.05) is 6.92 Å². The fraction of sp³-hybridized carbons (Fsp3) is 1.00. The quantitative estimate of drug-likeness (QED) is 0.520. The standard InChI is InChI=1S/C5H11NO/c1-2-3-7-5-4-6-5/h5-6H,2-4H2,1H3. The van der Waals surface area contributed by atoms with E-state index in [2.05, 4.69) is 12.2 Å². The summed E-state index contributed by atoms with van der Waals surface area (Å²) in [6, 6.07) is 0. The predicted octanol–water partition coefficient (Wildman–Crippen LogP) is 0.342. The highest BCUT2D eigenvalue weighted by atomic mass is 16.5. The Labute approximate surface area is 43.9 Å². The summed E-state index contributed by atoms with van der Waals surface area (Å²) in [4.78, 5) is 0. The molecule has 42 valence electrons. The first-order chi connectivity index (χ1) is 3.43. The average Bonchev–Trinajstić information content (AvgIpc) is 2.42. The number of nitrogens with one attached hydrogen (secondary N) is 1. The Morgan fingerprint density at radius 3 is 3.00 bits per heavy atom. The zero-order chi connectivity index (χ0) is 5.11. The second-order valence-corrected chi connectivity index (χ2v) is 1.77. The van der Waals surface area contributed by atoms with Gasteiger partial charge in [-0.3, -0.25) is 5.32 Å². The largest absolute Gasteiger partial charge is 0.362 e. The van der Waals surface area contributed by atoms with Gasteiger partial charge in [-0.05, 0) is 6.42 Å². The minimum atomic E-state index is 0.403. The van der Waals surface area contributed by atoms with Crippen LogP contribution in [0.1, 0.15) is 13.3 Å². The van der Waals surface area contributed by atoms with Gasteiger partial charge >= 0.3 is 0 Å². The molecule has 1 heterocycles. The number of ether oxygens (including phenoxy) is 1. The van der Waals surface area contributed by atoms with Crippen LogP contribution in [0.15, 0.2) is 0 Å². The first-order valence-corrected chi connectivity index (χ1v) is 2.78. The van der Waals surface area contributed by atoms with Crippen LogP contribution in [-0.2, 0) is 4.74 Å². The average molecular weight is 101 g/mol. The van der Waals surface area contributed by atoms with E-state index in [-0.39, 0.29) is 0 Å². The minimum absolute atomic E-state index is 0.403. The lowest BCUT2D eigenvalue weighted by Crippen LogP contribution is -1.98. The third kappa shape index (κ3) is 1.90. The van der Waals surface area contributed by atoms with Gasteiger partial charge in [0.2, 0.25) is 0 Å². The zero-order valence-electron chi connectivity index (χ0n) is 4.61. The summed E-state index contributed by atoms with van der Waals surface area (Å²) in [5.41, 5.74) is 0. The minimum Gasteiger partial charge on any atom is -0.362 e. The van der Waals surface area contributed by atoms with E-state index in [1.807, 2.05) is 0 Å². The Balaban J connectivity index is 1.80. The summed E-state index contributed by atoms with van der Waals surface area (Å²) < 4.78 is 5.19. The van der Waals surface area contributed by atoms with Crippen molar-refractivity contribution in [1.82, 2.24) is 5.32 Å². The predicted molar refractivity (Wildman–Crippen MR) is 28.0 cm³/mol. The summed E-state index contributed by atoms with van der Waals surface area (Å²) in [5, 5.41) is 3.05. The van der Waals surface area contributed by atoms with Crippen molar-refractivity contribution in [2.45, 2.75) is 19.6 Å². The van der Waals surface area contributed by atoms with Gasteiger partial charge in [0.1, 0.15) is 6.23 Å². The molecule has 1 rings (SSSR count). The van der Waals surface area contributed by atoms with E-state index in [1.165, 1.54) is 0 Å². The normalized spacial score (nSPS) is 27.9. The summed E-state index contributed by atoms with van der Waals surface area (Å²) >= 11 is 0. The monoisotopic (exact) mass is 101 g/mol. The van der Waals surface area contributed by atoms with Gasteiger partial charge in [-0.25, -0.2) is 0 Å². The van der Waals surface area contributed by atoms with Crippen LogP contribution >= 0.6 is 0 Å². The smallest absolute Gasteiger partial charge is 0.120 e. The van der Waals surface area contributed by atoms with Crippen molar-refractivity contribution in [2.75, 3.05) is 13.2 Å². The molecule has 0 saturated carbocycles. The van der Waals surface area contributed by atoms with Crippen LogP contribution in [0.4, 0.5) is 0 Å². The van der Waals surface area contributed by atoms with E-state index in [1.54, 1.807) is 0 Å². The van der Waals surface area contributed by atoms with Gasteiger partial charge in [0.25, 0.3) is 0 Å². The summed E-state index contributed by atoms with van der Waals surface area (Å²) in [6.07, 6.45) is 1.53. The molecule has 1 aliphatic rings. The maximum Gasteiger partial charge on any atom is 0.120 e. The zero-order valence-corrected chi connectivity index (χ0v) is 4.61. The molecule has 7 heavy (non-hydrogen) atoms. The third-order valence-electron chi connectivity index (χ3n) is 0.894. The lowest BCUT2D eigenvalue weighted by atomic mass is 10.5. The van der Waals surface area contributed by atoms with Crippen LogP contribution in [-0.4, -0.2) is 19.4 Å². The van der Waals surface area contributed by atoms with Crippen molar-refractivity contribution >= 4 is 0 Å². The Morgan fingerprint density at radius 2 is 2.57 bits per heavy atom. The van der Waals surface area contributed by atoms with E-state index >= 15 is 0 Å². The van der Waals surface area contributed by atoms with E-state index in [9.17, 15) is 0 Å². The lowest BCUT2D eigenvalue weighted by molar-refractivity contribution is 0.117. The van der Waals surface area contributed by atoms with E-state index in [0.717, 1.165) is 19.6 Å². The van der Waals surface area contributed by atoms with Crippen molar-refractivity contribution in [1.29, 1.82) is 0 Å². The van der Waals surface area contributed by atoms with Gasteiger partial charge in [-0.2, -0.15) is 0 Å². The number of rotatable bonds is 3. The third-order valence-corrected chi connectivity index (χ3v) is 0.894. The molecule has 1 N–H and O–H groups in total. The maximum atomic E-state index is 5.19. The molecule has 2 nitrogen and oxygen atoms in total.